The number of carboxylic acids is 1. The average molecular weight is 347 g/mol. The summed E-state index contributed by atoms with van der Waals surface area (Å²) in [5, 5.41) is 12.3. The Morgan fingerprint density at radius 1 is 1.28 bits per heavy atom. The molecule has 0 saturated carbocycles. The van der Waals surface area contributed by atoms with Crippen LogP contribution in [0.3, 0.4) is 0 Å². The number of benzene rings is 1. The van der Waals surface area contributed by atoms with Gasteiger partial charge in [-0.25, -0.2) is 9.59 Å². The highest BCUT2D eigenvalue weighted by molar-refractivity contribution is 5.96. The lowest BCUT2D eigenvalue weighted by atomic mass is 10.1. The molecule has 0 unspecified atom stereocenters. The summed E-state index contributed by atoms with van der Waals surface area (Å²) in [6.07, 6.45) is 0. The van der Waals surface area contributed by atoms with Crippen LogP contribution in [0, 0.1) is 5.92 Å². The molecule has 25 heavy (non-hydrogen) atoms. The van der Waals surface area contributed by atoms with Gasteiger partial charge in [-0.05, 0) is 38.0 Å². The highest BCUT2D eigenvalue weighted by Crippen LogP contribution is 2.24. The predicted octanol–water partition coefficient (Wildman–Crippen LogP) is 2.42. The SMILES string of the molecule is CC(C)CNC(=O)c1cc2ccc(OC(C)(C)C(=O)O)cc2oc1=O. The molecule has 1 heterocycles. The van der Waals surface area contributed by atoms with Gasteiger partial charge in [0.2, 0.25) is 0 Å². The minimum Gasteiger partial charge on any atom is -0.478 e. The predicted molar refractivity (Wildman–Crippen MR) is 92.0 cm³/mol. The van der Waals surface area contributed by atoms with Gasteiger partial charge in [-0.15, -0.1) is 0 Å². The van der Waals surface area contributed by atoms with Crippen LogP contribution < -0.4 is 15.7 Å². The van der Waals surface area contributed by atoms with Crippen molar-refractivity contribution in [3.63, 3.8) is 0 Å². The van der Waals surface area contributed by atoms with E-state index in [1.165, 1.54) is 26.0 Å². The first-order chi connectivity index (χ1) is 11.6. The number of carbonyl (C=O) groups excluding carboxylic acids is 1. The summed E-state index contributed by atoms with van der Waals surface area (Å²) in [6, 6.07) is 6.04. The topological polar surface area (TPSA) is 106 Å². The number of hydrogen-bond acceptors (Lipinski definition) is 5. The molecule has 2 rings (SSSR count). The molecule has 0 bridgehead atoms. The van der Waals surface area contributed by atoms with Gasteiger partial charge in [0.15, 0.2) is 5.60 Å². The molecule has 134 valence electrons. The monoisotopic (exact) mass is 347 g/mol. The maximum atomic E-state index is 12.1. The zero-order chi connectivity index (χ0) is 18.8. The third-order valence-electron chi connectivity index (χ3n) is 3.51. The van der Waals surface area contributed by atoms with Crippen molar-refractivity contribution in [2.45, 2.75) is 33.3 Å². The molecule has 1 aromatic heterocycles. The molecule has 1 amide bonds. The van der Waals surface area contributed by atoms with E-state index < -0.39 is 23.1 Å². The summed E-state index contributed by atoms with van der Waals surface area (Å²) in [7, 11) is 0. The minimum atomic E-state index is -1.43. The molecule has 0 atom stereocenters. The van der Waals surface area contributed by atoms with Crippen molar-refractivity contribution in [2.24, 2.45) is 5.92 Å². The number of fused-ring (bicyclic) bond motifs is 1. The van der Waals surface area contributed by atoms with Crippen LogP contribution in [0.1, 0.15) is 38.1 Å². The molecule has 0 spiro atoms. The van der Waals surface area contributed by atoms with E-state index in [4.69, 9.17) is 14.3 Å². The number of hydrogen-bond donors (Lipinski definition) is 2. The van der Waals surface area contributed by atoms with E-state index in [-0.39, 0.29) is 22.8 Å². The lowest BCUT2D eigenvalue weighted by molar-refractivity contribution is -0.152. The maximum Gasteiger partial charge on any atom is 0.349 e. The Morgan fingerprint density at radius 3 is 2.56 bits per heavy atom. The third kappa shape index (κ3) is 4.37. The van der Waals surface area contributed by atoms with Crippen LogP contribution in [-0.4, -0.2) is 29.1 Å². The van der Waals surface area contributed by atoms with E-state index in [2.05, 4.69) is 5.32 Å². The summed E-state index contributed by atoms with van der Waals surface area (Å²) < 4.78 is 10.6. The number of carbonyl (C=O) groups is 2. The van der Waals surface area contributed by atoms with Gasteiger partial charge in [0.1, 0.15) is 16.9 Å². The lowest BCUT2D eigenvalue weighted by Gasteiger charge is -2.21. The van der Waals surface area contributed by atoms with Crippen molar-refractivity contribution in [2.75, 3.05) is 6.54 Å². The fraction of sp³-hybridized carbons (Fsp3) is 0.389. The Bertz CT molecular complexity index is 865. The van der Waals surface area contributed by atoms with Crippen molar-refractivity contribution in [3.05, 3.63) is 40.2 Å². The largest absolute Gasteiger partial charge is 0.478 e. The van der Waals surface area contributed by atoms with Gasteiger partial charge in [-0.2, -0.15) is 0 Å². The second-order valence-electron chi connectivity index (χ2n) is 6.67. The van der Waals surface area contributed by atoms with Crippen molar-refractivity contribution >= 4 is 22.8 Å². The molecule has 0 aliphatic rings. The molecule has 2 aromatic rings. The second kappa shape index (κ2) is 6.96. The number of rotatable bonds is 6. The van der Waals surface area contributed by atoms with Crippen molar-refractivity contribution < 1.29 is 23.8 Å². The summed E-state index contributed by atoms with van der Waals surface area (Å²) in [5.74, 6) is -1.10. The van der Waals surface area contributed by atoms with E-state index in [1.54, 1.807) is 12.1 Å². The smallest absolute Gasteiger partial charge is 0.349 e. The summed E-state index contributed by atoms with van der Waals surface area (Å²) in [5.41, 5.74) is -2.05. The Balaban J connectivity index is 2.33. The summed E-state index contributed by atoms with van der Waals surface area (Å²) >= 11 is 0. The van der Waals surface area contributed by atoms with Gasteiger partial charge in [0, 0.05) is 18.0 Å². The van der Waals surface area contributed by atoms with Crippen LogP contribution in [0.2, 0.25) is 0 Å². The van der Waals surface area contributed by atoms with Gasteiger partial charge >= 0.3 is 11.6 Å². The maximum absolute atomic E-state index is 12.1. The van der Waals surface area contributed by atoms with Gasteiger partial charge in [-0.3, -0.25) is 4.79 Å². The highest BCUT2D eigenvalue weighted by atomic mass is 16.5. The van der Waals surface area contributed by atoms with Crippen LogP contribution in [0.4, 0.5) is 0 Å². The quantitative estimate of drug-likeness (QED) is 0.777. The van der Waals surface area contributed by atoms with E-state index in [0.717, 1.165) is 0 Å². The molecule has 0 aliphatic heterocycles. The van der Waals surface area contributed by atoms with E-state index in [0.29, 0.717) is 11.9 Å². The van der Waals surface area contributed by atoms with E-state index in [9.17, 15) is 14.4 Å². The van der Waals surface area contributed by atoms with Gasteiger partial charge in [0.25, 0.3) is 5.91 Å². The van der Waals surface area contributed by atoms with Crippen LogP contribution in [0.15, 0.2) is 33.5 Å². The number of carboxylic acid groups (broad SMARTS) is 1. The normalized spacial score (nSPS) is 11.6. The zero-order valence-corrected chi connectivity index (χ0v) is 14.6. The molecule has 2 N–H and O–H groups in total. The fourth-order valence-electron chi connectivity index (χ4n) is 2.04. The van der Waals surface area contributed by atoms with Crippen molar-refractivity contribution in [1.82, 2.24) is 5.32 Å². The first-order valence-electron chi connectivity index (χ1n) is 7.88. The highest BCUT2D eigenvalue weighted by Gasteiger charge is 2.29. The molecular formula is C18H21NO6. The first kappa shape index (κ1) is 18.5. The molecule has 0 fully saturated rings. The van der Waals surface area contributed by atoms with E-state index >= 15 is 0 Å². The Hall–Kier alpha value is -2.83. The molecule has 1 aromatic carbocycles. The molecule has 0 saturated heterocycles. The number of aliphatic carboxylic acids is 1. The van der Waals surface area contributed by atoms with Crippen LogP contribution >= 0.6 is 0 Å². The number of amides is 1. The minimum absolute atomic E-state index is 0.0762. The number of nitrogens with one attached hydrogen (secondary N) is 1. The lowest BCUT2D eigenvalue weighted by Crippen LogP contribution is -2.37. The second-order valence-corrected chi connectivity index (χ2v) is 6.67. The van der Waals surface area contributed by atoms with Crippen molar-refractivity contribution in [3.8, 4) is 5.75 Å². The summed E-state index contributed by atoms with van der Waals surface area (Å²) in [6.45, 7) is 7.18. The Morgan fingerprint density at radius 2 is 1.96 bits per heavy atom. The molecule has 0 radical (unpaired) electrons. The van der Waals surface area contributed by atoms with Crippen LogP contribution in [0.25, 0.3) is 11.0 Å². The van der Waals surface area contributed by atoms with Crippen LogP contribution in [0.5, 0.6) is 5.75 Å². The Labute approximate surface area is 144 Å². The molecular weight excluding hydrogens is 326 g/mol. The van der Waals surface area contributed by atoms with Crippen molar-refractivity contribution in [1.29, 1.82) is 0 Å². The van der Waals surface area contributed by atoms with Gasteiger partial charge in [0.05, 0.1) is 0 Å². The number of ether oxygens (including phenoxy) is 1. The van der Waals surface area contributed by atoms with Gasteiger partial charge < -0.3 is 19.6 Å². The molecule has 0 aliphatic carbocycles. The Kier molecular flexibility index (Phi) is 5.15. The van der Waals surface area contributed by atoms with Gasteiger partial charge in [-0.1, -0.05) is 13.8 Å². The van der Waals surface area contributed by atoms with E-state index in [1.807, 2.05) is 13.8 Å². The third-order valence-corrected chi connectivity index (χ3v) is 3.51. The zero-order valence-electron chi connectivity index (χ0n) is 14.6. The summed E-state index contributed by atoms with van der Waals surface area (Å²) in [4.78, 5) is 35.3. The average Bonchev–Trinajstić information content (AvgIpc) is 2.51. The molecule has 7 nitrogen and oxygen atoms in total. The molecule has 7 heteroatoms. The fourth-order valence-corrected chi connectivity index (χ4v) is 2.04. The first-order valence-corrected chi connectivity index (χ1v) is 7.88. The standard InChI is InChI=1S/C18H21NO6/c1-10(2)9-19-15(20)13-7-11-5-6-12(8-14(11)24-16(13)21)25-18(3,4)17(22)23/h5-8,10H,9H2,1-4H3,(H,19,20)(H,22,23). The van der Waals surface area contributed by atoms with Crippen LogP contribution in [-0.2, 0) is 4.79 Å².